The second-order valence-corrected chi connectivity index (χ2v) is 4.06. The van der Waals surface area contributed by atoms with Crippen molar-refractivity contribution in [1.82, 2.24) is 5.32 Å². The van der Waals surface area contributed by atoms with Gasteiger partial charge < -0.3 is 11.1 Å². The molecular formula is C8H14N2O. The van der Waals surface area contributed by atoms with E-state index in [0.29, 0.717) is 0 Å². The SMILES string of the molecule is C[C@@]12CC[C@H](N)[C@@H](C1)C(=O)N2. The van der Waals surface area contributed by atoms with Gasteiger partial charge in [0.15, 0.2) is 0 Å². The number of hydrogen-bond acceptors (Lipinski definition) is 2. The summed E-state index contributed by atoms with van der Waals surface area (Å²) >= 11 is 0. The van der Waals surface area contributed by atoms with Crippen molar-refractivity contribution in [2.24, 2.45) is 11.7 Å². The van der Waals surface area contributed by atoms with Crippen molar-refractivity contribution in [2.75, 3.05) is 0 Å². The topological polar surface area (TPSA) is 55.1 Å². The maximum atomic E-state index is 11.3. The lowest BCUT2D eigenvalue weighted by Crippen LogP contribution is -2.40. The van der Waals surface area contributed by atoms with Crippen LogP contribution in [0.5, 0.6) is 0 Å². The number of hydrogen-bond donors (Lipinski definition) is 2. The molecule has 2 rings (SSSR count). The van der Waals surface area contributed by atoms with Crippen LogP contribution < -0.4 is 11.1 Å². The first-order valence-corrected chi connectivity index (χ1v) is 4.18. The van der Waals surface area contributed by atoms with Gasteiger partial charge in [0.05, 0.1) is 5.92 Å². The number of nitrogens with one attached hydrogen (secondary N) is 1. The fourth-order valence-electron chi connectivity index (χ4n) is 2.22. The molecule has 3 N–H and O–H groups in total. The molecule has 0 aromatic heterocycles. The van der Waals surface area contributed by atoms with E-state index in [1.807, 2.05) is 0 Å². The van der Waals surface area contributed by atoms with Crippen LogP contribution in [0, 0.1) is 5.92 Å². The first-order valence-electron chi connectivity index (χ1n) is 4.18. The standard InChI is InChI=1S/C8H14N2O/c1-8-3-2-6(9)5(4-8)7(11)10-8/h5-6H,2-4,9H2,1H3,(H,10,11)/t5-,6+,8-/m1/s1. The summed E-state index contributed by atoms with van der Waals surface area (Å²) in [4.78, 5) is 11.3. The molecule has 1 amide bonds. The van der Waals surface area contributed by atoms with Gasteiger partial charge in [0.25, 0.3) is 0 Å². The molecule has 3 heteroatoms. The van der Waals surface area contributed by atoms with Crippen LogP contribution in [-0.4, -0.2) is 17.5 Å². The Balaban J connectivity index is 2.24. The van der Waals surface area contributed by atoms with Crippen molar-refractivity contribution in [3.05, 3.63) is 0 Å². The highest BCUT2D eigenvalue weighted by atomic mass is 16.2. The van der Waals surface area contributed by atoms with Crippen molar-refractivity contribution >= 4 is 5.91 Å². The van der Waals surface area contributed by atoms with Crippen LogP contribution in [0.1, 0.15) is 26.2 Å². The van der Waals surface area contributed by atoms with Gasteiger partial charge in [-0.2, -0.15) is 0 Å². The molecule has 62 valence electrons. The monoisotopic (exact) mass is 154 g/mol. The highest BCUT2D eigenvalue weighted by Crippen LogP contribution is 2.36. The summed E-state index contributed by atoms with van der Waals surface area (Å²) in [6.07, 6.45) is 2.96. The van der Waals surface area contributed by atoms with Crippen molar-refractivity contribution in [3.8, 4) is 0 Å². The molecule has 11 heavy (non-hydrogen) atoms. The Hall–Kier alpha value is -0.570. The van der Waals surface area contributed by atoms with Gasteiger partial charge in [-0.1, -0.05) is 0 Å². The Morgan fingerprint density at radius 1 is 1.73 bits per heavy atom. The van der Waals surface area contributed by atoms with Crippen molar-refractivity contribution < 1.29 is 4.79 Å². The van der Waals surface area contributed by atoms with Crippen LogP contribution in [0.3, 0.4) is 0 Å². The molecule has 1 saturated heterocycles. The quantitative estimate of drug-likeness (QED) is 0.516. The van der Waals surface area contributed by atoms with Gasteiger partial charge in [-0.05, 0) is 26.2 Å². The normalized spacial score (nSPS) is 49.1. The van der Waals surface area contributed by atoms with Gasteiger partial charge in [-0.25, -0.2) is 0 Å². The maximum Gasteiger partial charge on any atom is 0.225 e. The molecule has 2 fully saturated rings. The Morgan fingerprint density at radius 2 is 2.45 bits per heavy atom. The molecule has 3 nitrogen and oxygen atoms in total. The third-order valence-electron chi connectivity index (χ3n) is 2.98. The maximum absolute atomic E-state index is 11.3. The zero-order chi connectivity index (χ0) is 8.06. The van der Waals surface area contributed by atoms with Crippen LogP contribution in [0.2, 0.25) is 0 Å². The fourth-order valence-corrected chi connectivity index (χ4v) is 2.22. The minimum atomic E-state index is 0.0671. The number of rotatable bonds is 0. The molecule has 0 unspecified atom stereocenters. The second kappa shape index (κ2) is 1.97. The molecular weight excluding hydrogens is 140 g/mol. The number of fused-ring (bicyclic) bond motifs is 2. The van der Waals surface area contributed by atoms with E-state index in [1.165, 1.54) is 0 Å². The van der Waals surface area contributed by atoms with Crippen LogP contribution in [-0.2, 0) is 4.79 Å². The average Bonchev–Trinajstić information content (AvgIpc) is 2.18. The number of nitrogens with two attached hydrogens (primary N) is 1. The van der Waals surface area contributed by atoms with Crippen LogP contribution in [0.4, 0.5) is 0 Å². The van der Waals surface area contributed by atoms with Gasteiger partial charge in [0.1, 0.15) is 0 Å². The van der Waals surface area contributed by atoms with E-state index in [4.69, 9.17) is 5.73 Å². The fraction of sp³-hybridized carbons (Fsp3) is 0.875. The molecule has 0 spiro atoms. The minimum absolute atomic E-state index is 0.0671. The summed E-state index contributed by atoms with van der Waals surface area (Å²) in [5.74, 6) is 0.256. The minimum Gasteiger partial charge on any atom is -0.351 e. The van der Waals surface area contributed by atoms with Crippen molar-refractivity contribution in [3.63, 3.8) is 0 Å². The third kappa shape index (κ3) is 0.948. The Bertz CT molecular complexity index is 204. The lowest BCUT2D eigenvalue weighted by atomic mass is 9.79. The summed E-state index contributed by atoms with van der Waals surface area (Å²) in [6.45, 7) is 2.11. The predicted octanol–water partition coefficient (Wildman–Crippen LogP) is 0.00230. The van der Waals surface area contributed by atoms with E-state index in [2.05, 4.69) is 12.2 Å². The predicted molar refractivity (Wildman–Crippen MR) is 41.9 cm³/mol. The van der Waals surface area contributed by atoms with Gasteiger partial charge >= 0.3 is 0 Å². The first-order chi connectivity index (χ1) is 5.11. The van der Waals surface area contributed by atoms with Crippen molar-refractivity contribution in [1.29, 1.82) is 0 Å². The molecule has 3 atom stereocenters. The lowest BCUT2D eigenvalue weighted by molar-refractivity contribution is -0.122. The van der Waals surface area contributed by atoms with E-state index in [0.717, 1.165) is 19.3 Å². The Morgan fingerprint density at radius 3 is 3.09 bits per heavy atom. The summed E-state index contributed by atoms with van der Waals surface area (Å²) in [7, 11) is 0. The van der Waals surface area contributed by atoms with E-state index < -0.39 is 0 Å². The lowest BCUT2D eigenvalue weighted by Gasteiger charge is -2.30. The molecule has 2 aliphatic rings. The van der Waals surface area contributed by atoms with Crippen LogP contribution in [0.15, 0.2) is 0 Å². The molecule has 0 aromatic carbocycles. The van der Waals surface area contributed by atoms with E-state index in [9.17, 15) is 4.79 Å². The average molecular weight is 154 g/mol. The van der Waals surface area contributed by atoms with Gasteiger partial charge in [0.2, 0.25) is 5.91 Å². The summed E-state index contributed by atoms with van der Waals surface area (Å²) in [5, 5.41) is 3.00. The third-order valence-corrected chi connectivity index (χ3v) is 2.98. The van der Waals surface area contributed by atoms with Gasteiger partial charge in [0, 0.05) is 11.6 Å². The first kappa shape index (κ1) is 7.10. The summed E-state index contributed by atoms with van der Waals surface area (Å²) in [6, 6.07) is 0.102. The van der Waals surface area contributed by atoms with Gasteiger partial charge in [-0.3, -0.25) is 4.79 Å². The molecule has 0 aromatic rings. The Kier molecular flexibility index (Phi) is 1.27. The summed E-state index contributed by atoms with van der Waals surface area (Å²) in [5.41, 5.74) is 5.87. The van der Waals surface area contributed by atoms with Gasteiger partial charge in [-0.15, -0.1) is 0 Å². The van der Waals surface area contributed by atoms with Crippen molar-refractivity contribution in [2.45, 2.75) is 37.8 Å². The van der Waals surface area contributed by atoms with E-state index in [-0.39, 0.29) is 23.4 Å². The molecule has 2 bridgehead atoms. The number of amides is 1. The Labute approximate surface area is 66.3 Å². The highest BCUT2D eigenvalue weighted by molar-refractivity contribution is 5.83. The zero-order valence-electron chi connectivity index (χ0n) is 6.76. The molecule has 0 radical (unpaired) electrons. The zero-order valence-corrected chi connectivity index (χ0v) is 6.76. The molecule has 1 heterocycles. The van der Waals surface area contributed by atoms with Crippen LogP contribution >= 0.6 is 0 Å². The number of carbonyl (C=O) groups is 1. The highest BCUT2D eigenvalue weighted by Gasteiger charge is 2.46. The summed E-state index contributed by atoms with van der Waals surface area (Å²) < 4.78 is 0. The molecule has 1 aliphatic heterocycles. The van der Waals surface area contributed by atoms with E-state index >= 15 is 0 Å². The van der Waals surface area contributed by atoms with Crippen LogP contribution in [0.25, 0.3) is 0 Å². The molecule has 1 aliphatic carbocycles. The molecule has 1 saturated carbocycles. The smallest absolute Gasteiger partial charge is 0.225 e. The van der Waals surface area contributed by atoms with E-state index in [1.54, 1.807) is 0 Å². The number of carbonyl (C=O) groups excluding carboxylic acids is 1. The second-order valence-electron chi connectivity index (χ2n) is 4.06. The largest absolute Gasteiger partial charge is 0.351 e.